The quantitative estimate of drug-likeness (QED) is 0.719. The molecule has 3 heterocycles. The summed E-state index contributed by atoms with van der Waals surface area (Å²) in [7, 11) is 4.24. The third-order valence-electron chi connectivity index (χ3n) is 6.64. The summed E-state index contributed by atoms with van der Waals surface area (Å²) in [6.45, 7) is 11.3. The van der Waals surface area contributed by atoms with Crippen molar-refractivity contribution in [3.8, 4) is 0 Å². The van der Waals surface area contributed by atoms with E-state index in [1.54, 1.807) is 0 Å². The molecule has 0 bridgehead atoms. The summed E-state index contributed by atoms with van der Waals surface area (Å²) in [4.78, 5) is 24.7. The van der Waals surface area contributed by atoms with E-state index in [0.717, 1.165) is 77.9 Å². The molecule has 0 radical (unpaired) electrons. The van der Waals surface area contributed by atoms with Crippen LogP contribution in [-0.4, -0.2) is 83.5 Å². The number of aromatic nitrogens is 2. The van der Waals surface area contributed by atoms with E-state index in [1.807, 2.05) is 6.20 Å². The highest BCUT2D eigenvalue weighted by Gasteiger charge is 2.41. The first kappa shape index (κ1) is 21.3. The monoisotopic (exact) mass is 389 g/mol. The van der Waals surface area contributed by atoms with Crippen LogP contribution in [-0.2, 0) is 11.3 Å². The maximum absolute atomic E-state index is 13.3. The molecule has 0 saturated carbocycles. The Hall–Kier alpha value is -1.40. The Balaban J connectivity index is 1.55. The van der Waals surface area contributed by atoms with Gasteiger partial charge >= 0.3 is 0 Å². The van der Waals surface area contributed by atoms with Crippen LogP contribution >= 0.6 is 0 Å². The highest BCUT2D eigenvalue weighted by molar-refractivity contribution is 5.82. The van der Waals surface area contributed by atoms with Gasteiger partial charge in [0.25, 0.3) is 0 Å². The van der Waals surface area contributed by atoms with Gasteiger partial charge < -0.3 is 19.3 Å². The number of imidazole rings is 1. The van der Waals surface area contributed by atoms with Crippen LogP contribution in [0, 0.1) is 5.41 Å². The maximum atomic E-state index is 13.3. The van der Waals surface area contributed by atoms with Crippen molar-refractivity contribution in [1.29, 1.82) is 0 Å². The Bertz CT molecular complexity index is 635. The van der Waals surface area contributed by atoms with E-state index in [-0.39, 0.29) is 5.41 Å². The van der Waals surface area contributed by atoms with Gasteiger partial charge in [0, 0.05) is 44.5 Å². The zero-order chi connectivity index (χ0) is 20.1. The lowest BCUT2D eigenvalue weighted by Crippen LogP contribution is -2.53. The summed E-state index contributed by atoms with van der Waals surface area (Å²) >= 11 is 0. The van der Waals surface area contributed by atoms with E-state index < -0.39 is 0 Å². The van der Waals surface area contributed by atoms with Crippen LogP contribution in [0.2, 0.25) is 0 Å². The molecule has 1 amide bonds. The van der Waals surface area contributed by atoms with Gasteiger partial charge in [0.1, 0.15) is 5.82 Å². The molecule has 0 N–H and O–H groups in total. The Morgan fingerprint density at radius 3 is 2.71 bits per heavy atom. The minimum Gasteiger partial charge on any atom is -0.342 e. The normalized spacial score (nSPS) is 24.8. The number of nitrogens with zero attached hydrogens (tertiary/aromatic N) is 5. The van der Waals surface area contributed by atoms with Crippen LogP contribution in [0.25, 0.3) is 0 Å². The number of aryl methyl sites for hydroxylation is 1. The molecule has 2 aliphatic heterocycles. The Morgan fingerprint density at radius 2 is 2.04 bits per heavy atom. The number of rotatable bonds is 7. The number of carbonyl (C=O) groups excluding carboxylic acids is 1. The number of piperidine rings is 2. The molecular formula is C22H39N5O. The van der Waals surface area contributed by atoms with Crippen LogP contribution in [0.3, 0.4) is 0 Å². The van der Waals surface area contributed by atoms with Crippen LogP contribution in [0.4, 0.5) is 0 Å². The average molecular weight is 390 g/mol. The molecule has 2 aliphatic rings. The van der Waals surface area contributed by atoms with Gasteiger partial charge in [-0.25, -0.2) is 4.98 Å². The van der Waals surface area contributed by atoms with E-state index in [2.05, 4.69) is 58.4 Å². The molecule has 1 unspecified atom stereocenters. The molecule has 6 nitrogen and oxygen atoms in total. The molecule has 158 valence electrons. The largest absolute Gasteiger partial charge is 0.342 e. The first-order chi connectivity index (χ1) is 13.4. The molecule has 1 aromatic heterocycles. The number of hydrogen-bond donors (Lipinski definition) is 0. The van der Waals surface area contributed by atoms with Gasteiger partial charge in [-0.3, -0.25) is 4.79 Å². The molecule has 3 rings (SSSR count). The second-order valence-corrected chi connectivity index (χ2v) is 9.24. The lowest BCUT2D eigenvalue weighted by atomic mass is 9.79. The van der Waals surface area contributed by atoms with Gasteiger partial charge in [0.2, 0.25) is 5.91 Å². The van der Waals surface area contributed by atoms with E-state index >= 15 is 0 Å². The van der Waals surface area contributed by atoms with Crippen LogP contribution in [0.5, 0.6) is 0 Å². The minimum atomic E-state index is -0.203. The molecule has 0 aliphatic carbocycles. The summed E-state index contributed by atoms with van der Waals surface area (Å²) in [5.41, 5.74) is -0.203. The molecule has 6 heteroatoms. The van der Waals surface area contributed by atoms with Crippen molar-refractivity contribution < 1.29 is 4.79 Å². The van der Waals surface area contributed by atoms with Crippen LogP contribution < -0.4 is 0 Å². The average Bonchev–Trinajstić information content (AvgIpc) is 3.15. The SMILES string of the molecule is CCN1CCCC(C)(C(=O)N2CCC(c3nccn3CCCN(C)C)CC2)C1. The topological polar surface area (TPSA) is 44.6 Å². The molecule has 1 atom stereocenters. The van der Waals surface area contributed by atoms with Gasteiger partial charge in [0.05, 0.1) is 5.41 Å². The molecule has 0 spiro atoms. The third-order valence-corrected chi connectivity index (χ3v) is 6.64. The Morgan fingerprint density at radius 1 is 1.29 bits per heavy atom. The van der Waals surface area contributed by atoms with Gasteiger partial charge in [-0.2, -0.15) is 0 Å². The lowest BCUT2D eigenvalue weighted by Gasteiger charge is -2.43. The number of likely N-dealkylation sites (tertiary alicyclic amines) is 2. The Labute approximate surface area is 170 Å². The third kappa shape index (κ3) is 4.95. The van der Waals surface area contributed by atoms with Gasteiger partial charge in [-0.05, 0) is 72.8 Å². The van der Waals surface area contributed by atoms with Crippen LogP contribution in [0.1, 0.15) is 57.7 Å². The standard InChI is InChI=1S/C22H39N5O/c1-5-25-13-6-10-22(2,18-25)21(28)27-15-8-19(9-16-27)20-23-11-17-26(20)14-7-12-24(3)4/h11,17,19H,5-10,12-16,18H2,1-4H3. The smallest absolute Gasteiger partial charge is 0.229 e. The minimum absolute atomic E-state index is 0.203. The van der Waals surface area contributed by atoms with Gasteiger partial charge in [-0.1, -0.05) is 6.92 Å². The number of hydrogen-bond acceptors (Lipinski definition) is 4. The first-order valence-corrected chi connectivity index (χ1v) is 11.1. The fraction of sp³-hybridized carbons (Fsp3) is 0.818. The highest BCUT2D eigenvalue weighted by Crippen LogP contribution is 2.34. The van der Waals surface area contributed by atoms with Crippen molar-refractivity contribution in [2.24, 2.45) is 5.41 Å². The Kier molecular flexibility index (Phi) is 7.15. The summed E-state index contributed by atoms with van der Waals surface area (Å²) < 4.78 is 2.33. The van der Waals surface area contributed by atoms with Crippen molar-refractivity contribution >= 4 is 5.91 Å². The van der Waals surface area contributed by atoms with E-state index in [0.29, 0.717) is 11.8 Å². The second kappa shape index (κ2) is 9.40. The van der Waals surface area contributed by atoms with Crippen molar-refractivity contribution in [2.75, 3.05) is 53.4 Å². The van der Waals surface area contributed by atoms with Crippen molar-refractivity contribution in [3.05, 3.63) is 18.2 Å². The zero-order valence-corrected chi connectivity index (χ0v) is 18.4. The molecular weight excluding hydrogens is 350 g/mol. The predicted molar refractivity (Wildman–Crippen MR) is 113 cm³/mol. The fourth-order valence-corrected chi connectivity index (χ4v) is 4.94. The van der Waals surface area contributed by atoms with E-state index in [4.69, 9.17) is 0 Å². The fourth-order valence-electron chi connectivity index (χ4n) is 4.94. The summed E-state index contributed by atoms with van der Waals surface area (Å²) in [5.74, 6) is 2.06. The van der Waals surface area contributed by atoms with E-state index in [1.165, 1.54) is 5.82 Å². The summed E-state index contributed by atoms with van der Waals surface area (Å²) in [6.07, 6.45) is 9.42. The summed E-state index contributed by atoms with van der Waals surface area (Å²) in [6, 6.07) is 0. The molecule has 0 aromatic carbocycles. The highest BCUT2D eigenvalue weighted by atomic mass is 16.2. The molecule has 2 fully saturated rings. The van der Waals surface area contributed by atoms with E-state index in [9.17, 15) is 4.79 Å². The molecule has 1 aromatic rings. The van der Waals surface area contributed by atoms with Gasteiger partial charge in [0.15, 0.2) is 0 Å². The van der Waals surface area contributed by atoms with Crippen molar-refractivity contribution in [2.45, 2.75) is 58.4 Å². The summed E-state index contributed by atoms with van der Waals surface area (Å²) in [5, 5.41) is 0. The second-order valence-electron chi connectivity index (χ2n) is 9.24. The number of amides is 1. The predicted octanol–water partition coefficient (Wildman–Crippen LogP) is 2.66. The first-order valence-electron chi connectivity index (χ1n) is 11.1. The molecule has 28 heavy (non-hydrogen) atoms. The number of carbonyl (C=O) groups is 1. The van der Waals surface area contributed by atoms with Gasteiger partial charge in [-0.15, -0.1) is 0 Å². The maximum Gasteiger partial charge on any atom is 0.229 e. The lowest BCUT2D eigenvalue weighted by molar-refractivity contribution is -0.145. The zero-order valence-electron chi connectivity index (χ0n) is 18.4. The molecule has 2 saturated heterocycles. The van der Waals surface area contributed by atoms with Crippen molar-refractivity contribution in [1.82, 2.24) is 24.3 Å². The van der Waals surface area contributed by atoms with Crippen LogP contribution in [0.15, 0.2) is 12.4 Å². The van der Waals surface area contributed by atoms with Crippen molar-refractivity contribution in [3.63, 3.8) is 0 Å².